The van der Waals surface area contributed by atoms with Crippen LogP contribution in [-0.2, 0) is 4.74 Å². The molecule has 0 aliphatic rings. The molecule has 1 amide bonds. The first kappa shape index (κ1) is 11.3. The first-order valence-corrected chi connectivity index (χ1v) is 5.41. The predicted molar refractivity (Wildman–Crippen MR) is 64.5 cm³/mol. The van der Waals surface area contributed by atoms with Gasteiger partial charge in [-0.05, 0) is 54.1 Å². The minimum Gasteiger partial charge on any atom is -0.450 e. The standard InChI is InChI=1S/C10H12INO2/c1-3-14-10(13)12-9-6-8(11)5-4-7(9)2/h4-6H,3H2,1-2H3,(H,12,13). The van der Waals surface area contributed by atoms with E-state index in [9.17, 15) is 4.79 Å². The molecule has 0 aliphatic heterocycles. The number of benzene rings is 1. The lowest BCUT2D eigenvalue weighted by atomic mass is 10.2. The maximum absolute atomic E-state index is 11.1. The molecule has 0 saturated heterocycles. The minimum atomic E-state index is -0.405. The Labute approximate surface area is 97.0 Å². The van der Waals surface area contributed by atoms with E-state index in [4.69, 9.17) is 4.74 Å². The first-order chi connectivity index (χ1) is 6.63. The Balaban J connectivity index is 2.75. The SMILES string of the molecule is CCOC(=O)Nc1cc(I)ccc1C. The Kier molecular flexibility index (Phi) is 4.19. The largest absolute Gasteiger partial charge is 0.450 e. The van der Waals surface area contributed by atoms with E-state index >= 15 is 0 Å². The molecule has 0 heterocycles. The summed E-state index contributed by atoms with van der Waals surface area (Å²) < 4.78 is 5.87. The van der Waals surface area contributed by atoms with E-state index in [2.05, 4.69) is 27.9 Å². The zero-order chi connectivity index (χ0) is 10.6. The van der Waals surface area contributed by atoms with Crippen LogP contribution in [0.25, 0.3) is 0 Å². The van der Waals surface area contributed by atoms with Crippen molar-refractivity contribution in [1.29, 1.82) is 0 Å². The van der Waals surface area contributed by atoms with Crippen molar-refractivity contribution in [2.45, 2.75) is 13.8 Å². The van der Waals surface area contributed by atoms with Crippen LogP contribution < -0.4 is 5.32 Å². The van der Waals surface area contributed by atoms with Crippen LogP contribution in [0.1, 0.15) is 12.5 Å². The molecule has 0 atom stereocenters. The summed E-state index contributed by atoms with van der Waals surface area (Å²) in [7, 11) is 0. The van der Waals surface area contributed by atoms with Crippen LogP contribution >= 0.6 is 22.6 Å². The Hall–Kier alpha value is -0.780. The van der Waals surface area contributed by atoms with Gasteiger partial charge in [0.15, 0.2) is 0 Å². The monoisotopic (exact) mass is 305 g/mol. The number of anilines is 1. The van der Waals surface area contributed by atoms with Crippen LogP contribution in [0.15, 0.2) is 18.2 Å². The predicted octanol–water partition coefficient (Wildman–Crippen LogP) is 3.17. The summed E-state index contributed by atoms with van der Waals surface area (Å²) in [5, 5.41) is 2.69. The van der Waals surface area contributed by atoms with E-state index in [1.807, 2.05) is 25.1 Å². The highest BCUT2D eigenvalue weighted by Crippen LogP contribution is 2.18. The van der Waals surface area contributed by atoms with Crippen molar-refractivity contribution in [1.82, 2.24) is 0 Å². The third-order valence-corrected chi connectivity index (χ3v) is 2.38. The number of carbonyl (C=O) groups is 1. The van der Waals surface area contributed by atoms with Gasteiger partial charge in [-0.25, -0.2) is 4.79 Å². The molecule has 0 fully saturated rings. The van der Waals surface area contributed by atoms with Crippen molar-refractivity contribution < 1.29 is 9.53 Å². The molecule has 3 nitrogen and oxygen atoms in total. The molecule has 0 aromatic heterocycles. The van der Waals surface area contributed by atoms with Crippen molar-refractivity contribution in [3.05, 3.63) is 27.3 Å². The molecule has 0 aliphatic carbocycles. The van der Waals surface area contributed by atoms with E-state index in [-0.39, 0.29) is 0 Å². The lowest BCUT2D eigenvalue weighted by Gasteiger charge is -2.08. The van der Waals surface area contributed by atoms with Gasteiger partial charge in [-0.3, -0.25) is 5.32 Å². The second kappa shape index (κ2) is 5.19. The van der Waals surface area contributed by atoms with Gasteiger partial charge in [-0.15, -0.1) is 0 Å². The number of ether oxygens (including phenoxy) is 1. The number of amides is 1. The minimum absolute atomic E-state index is 0.384. The Morgan fingerprint density at radius 2 is 2.29 bits per heavy atom. The van der Waals surface area contributed by atoms with Crippen molar-refractivity contribution in [3.63, 3.8) is 0 Å². The van der Waals surface area contributed by atoms with E-state index in [0.29, 0.717) is 6.61 Å². The zero-order valence-electron chi connectivity index (χ0n) is 8.13. The van der Waals surface area contributed by atoms with Crippen LogP contribution in [0.4, 0.5) is 10.5 Å². The average Bonchev–Trinajstić information content (AvgIpc) is 2.12. The van der Waals surface area contributed by atoms with E-state index < -0.39 is 6.09 Å². The Morgan fingerprint density at radius 3 is 2.93 bits per heavy atom. The first-order valence-electron chi connectivity index (χ1n) is 4.33. The zero-order valence-corrected chi connectivity index (χ0v) is 10.3. The van der Waals surface area contributed by atoms with Crippen LogP contribution in [0.5, 0.6) is 0 Å². The molecule has 0 spiro atoms. The molecular weight excluding hydrogens is 293 g/mol. The quantitative estimate of drug-likeness (QED) is 0.852. The molecule has 4 heteroatoms. The van der Waals surface area contributed by atoms with Crippen LogP contribution in [0.3, 0.4) is 0 Å². The van der Waals surface area contributed by atoms with Gasteiger partial charge in [-0.2, -0.15) is 0 Å². The van der Waals surface area contributed by atoms with Gasteiger partial charge in [0.2, 0.25) is 0 Å². The molecule has 0 radical (unpaired) electrons. The smallest absolute Gasteiger partial charge is 0.411 e. The fraction of sp³-hybridized carbons (Fsp3) is 0.300. The van der Waals surface area contributed by atoms with Gasteiger partial charge in [-0.1, -0.05) is 6.07 Å². The second-order valence-corrected chi connectivity index (χ2v) is 4.05. The molecule has 1 aromatic carbocycles. The van der Waals surface area contributed by atoms with Crippen LogP contribution in [0.2, 0.25) is 0 Å². The summed E-state index contributed by atoms with van der Waals surface area (Å²) in [4.78, 5) is 11.1. The van der Waals surface area contributed by atoms with Crippen molar-refractivity contribution in [3.8, 4) is 0 Å². The van der Waals surface area contributed by atoms with Gasteiger partial charge in [0, 0.05) is 9.26 Å². The lowest BCUT2D eigenvalue weighted by Crippen LogP contribution is -2.14. The summed E-state index contributed by atoms with van der Waals surface area (Å²) in [5.74, 6) is 0. The Bertz CT molecular complexity index is 339. The highest BCUT2D eigenvalue weighted by Gasteiger charge is 2.04. The molecule has 1 aromatic rings. The lowest BCUT2D eigenvalue weighted by molar-refractivity contribution is 0.168. The summed E-state index contributed by atoms with van der Waals surface area (Å²) in [6.45, 7) is 4.10. The molecule has 0 unspecified atom stereocenters. The number of halogens is 1. The highest BCUT2D eigenvalue weighted by molar-refractivity contribution is 14.1. The molecule has 14 heavy (non-hydrogen) atoms. The molecule has 76 valence electrons. The average molecular weight is 305 g/mol. The van der Waals surface area contributed by atoms with E-state index in [1.165, 1.54) is 0 Å². The van der Waals surface area contributed by atoms with Gasteiger partial charge in [0.05, 0.1) is 6.61 Å². The molecule has 1 N–H and O–H groups in total. The third kappa shape index (κ3) is 3.17. The number of carbonyl (C=O) groups excluding carboxylic acids is 1. The van der Waals surface area contributed by atoms with E-state index in [0.717, 1.165) is 14.8 Å². The van der Waals surface area contributed by atoms with E-state index in [1.54, 1.807) is 6.92 Å². The van der Waals surface area contributed by atoms with Gasteiger partial charge >= 0.3 is 6.09 Å². The summed E-state index contributed by atoms with van der Waals surface area (Å²) in [5.41, 5.74) is 1.83. The van der Waals surface area contributed by atoms with Gasteiger partial charge in [0.25, 0.3) is 0 Å². The summed E-state index contributed by atoms with van der Waals surface area (Å²) in [6, 6.07) is 5.86. The van der Waals surface area contributed by atoms with Crippen LogP contribution in [-0.4, -0.2) is 12.7 Å². The fourth-order valence-corrected chi connectivity index (χ4v) is 1.50. The van der Waals surface area contributed by atoms with Crippen molar-refractivity contribution in [2.24, 2.45) is 0 Å². The van der Waals surface area contributed by atoms with Crippen molar-refractivity contribution >= 4 is 34.4 Å². The fourth-order valence-electron chi connectivity index (χ4n) is 1.01. The molecular formula is C10H12INO2. The van der Waals surface area contributed by atoms with Crippen LogP contribution in [0, 0.1) is 10.5 Å². The summed E-state index contributed by atoms with van der Waals surface area (Å²) in [6.07, 6.45) is -0.405. The molecule has 0 bridgehead atoms. The third-order valence-electron chi connectivity index (χ3n) is 1.71. The maximum atomic E-state index is 11.1. The highest BCUT2D eigenvalue weighted by atomic mass is 127. The number of aryl methyl sites for hydroxylation is 1. The number of nitrogens with one attached hydrogen (secondary N) is 1. The number of hydrogen-bond acceptors (Lipinski definition) is 2. The topological polar surface area (TPSA) is 38.3 Å². The Morgan fingerprint density at radius 1 is 1.57 bits per heavy atom. The summed E-state index contributed by atoms with van der Waals surface area (Å²) >= 11 is 2.20. The number of hydrogen-bond donors (Lipinski definition) is 1. The number of rotatable bonds is 2. The van der Waals surface area contributed by atoms with Crippen molar-refractivity contribution in [2.75, 3.05) is 11.9 Å². The molecule has 0 saturated carbocycles. The molecule has 1 rings (SSSR count). The van der Waals surface area contributed by atoms with Gasteiger partial charge in [0.1, 0.15) is 0 Å². The normalized spacial score (nSPS) is 9.64. The second-order valence-electron chi connectivity index (χ2n) is 2.80. The van der Waals surface area contributed by atoms with Gasteiger partial charge < -0.3 is 4.74 Å². The maximum Gasteiger partial charge on any atom is 0.411 e.